The second-order valence-corrected chi connectivity index (χ2v) is 8.99. The first kappa shape index (κ1) is 20.8. The van der Waals surface area contributed by atoms with Gasteiger partial charge in [0, 0.05) is 24.1 Å². The maximum Gasteiger partial charge on any atom is 0.416 e. The lowest BCUT2D eigenvalue weighted by Gasteiger charge is -2.28. The molecule has 11 heteroatoms. The third-order valence-electron chi connectivity index (χ3n) is 5.70. The highest BCUT2D eigenvalue weighted by Gasteiger charge is 2.38. The van der Waals surface area contributed by atoms with E-state index in [2.05, 4.69) is 15.5 Å². The van der Waals surface area contributed by atoms with Crippen LogP contribution in [0.5, 0.6) is 0 Å². The van der Waals surface area contributed by atoms with Crippen LogP contribution in [0.4, 0.5) is 18.9 Å². The molecular weight excluding hydrogens is 443 g/mol. The van der Waals surface area contributed by atoms with Gasteiger partial charge in [-0.1, -0.05) is 6.07 Å². The Bertz CT molecular complexity index is 1210. The van der Waals surface area contributed by atoms with E-state index >= 15 is 0 Å². The van der Waals surface area contributed by atoms with Gasteiger partial charge in [0.2, 0.25) is 11.8 Å². The van der Waals surface area contributed by atoms with E-state index in [0.717, 1.165) is 36.7 Å². The largest absolute Gasteiger partial charge is 0.416 e. The summed E-state index contributed by atoms with van der Waals surface area (Å²) in [6.45, 7) is 0.551. The van der Waals surface area contributed by atoms with Gasteiger partial charge in [-0.2, -0.15) is 13.2 Å². The lowest BCUT2D eigenvalue weighted by atomic mass is 10.1. The van der Waals surface area contributed by atoms with Crippen molar-refractivity contribution in [2.24, 2.45) is 0 Å². The third kappa shape index (κ3) is 3.70. The zero-order valence-electron chi connectivity index (χ0n) is 16.7. The molecule has 1 N–H and O–H groups in total. The second kappa shape index (κ2) is 7.80. The van der Waals surface area contributed by atoms with Crippen LogP contribution < -0.4 is 5.32 Å². The summed E-state index contributed by atoms with van der Waals surface area (Å²) in [4.78, 5) is 27.9. The molecule has 1 saturated heterocycles. The molecule has 32 heavy (non-hydrogen) atoms. The molecule has 2 amide bonds. The van der Waals surface area contributed by atoms with E-state index in [0.29, 0.717) is 22.9 Å². The zero-order chi connectivity index (χ0) is 22.5. The molecule has 0 bridgehead atoms. The highest BCUT2D eigenvalue weighted by Crippen LogP contribution is 2.41. The molecule has 166 valence electrons. The van der Waals surface area contributed by atoms with Crippen molar-refractivity contribution in [2.45, 2.75) is 41.6 Å². The number of hydrogen-bond donors (Lipinski definition) is 1. The number of thioether (sulfide) groups is 1. The molecule has 0 aliphatic carbocycles. The van der Waals surface area contributed by atoms with Gasteiger partial charge in [-0.05, 0) is 43.2 Å². The van der Waals surface area contributed by atoms with Crippen molar-refractivity contribution in [1.29, 1.82) is 0 Å². The van der Waals surface area contributed by atoms with E-state index in [1.807, 2.05) is 28.8 Å². The van der Waals surface area contributed by atoms with E-state index in [4.69, 9.17) is 0 Å². The van der Waals surface area contributed by atoms with Crippen LogP contribution in [0.25, 0.3) is 5.65 Å². The predicted molar refractivity (Wildman–Crippen MR) is 111 cm³/mol. The highest BCUT2D eigenvalue weighted by molar-refractivity contribution is 8.01. The molecule has 0 unspecified atom stereocenters. The van der Waals surface area contributed by atoms with Crippen molar-refractivity contribution in [2.75, 3.05) is 11.9 Å². The zero-order valence-corrected chi connectivity index (χ0v) is 17.5. The van der Waals surface area contributed by atoms with E-state index < -0.39 is 22.9 Å². The fourth-order valence-electron chi connectivity index (χ4n) is 4.16. The number of halogens is 3. The number of fused-ring (bicyclic) bond motifs is 2. The number of alkyl halides is 3. The van der Waals surface area contributed by atoms with Crippen LogP contribution >= 0.6 is 11.8 Å². The Kier molecular flexibility index (Phi) is 5.07. The number of nitrogens with zero attached hydrogens (tertiary/aromatic N) is 4. The van der Waals surface area contributed by atoms with E-state index in [1.165, 1.54) is 6.07 Å². The van der Waals surface area contributed by atoms with Gasteiger partial charge in [0.25, 0.3) is 0 Å². The Hall–Kier alpha value is -3.08. The molecular formula is C21H18F3N5O2S. The lowest BCUT2D eigenvalue weighted by Crippen LogP contribution is -2.37. The first-order chi connectivity index (χ1) is 15.3. The minimum Gasteiger partial charge on any atom is -0.332 e. The van der Waals surface area contributed by atoms with Crippen molar-refractivity contribution in [3.05, 3.63) is 54.0 Å². The molecule has 0 saturated carbocycles. The van der Waals surface area contributed by atoms with Gasteiger partial charge in [-0.3, -0.25) is 14.0 Å². The van der Waals surface area contributed by atoms with E-state index in [-0.39, 0.29) is 24.1 Å². The molecule has 2 aliphatic heterocycles. The van der Waals surface area contributed by atoms with Gasteiger partial charge < -0.3 is 10.2 Å². The molecule has 5 rings (SSSR count). The van der Waals surface area contributed by atoms with E-state index in [1.54, 1.807) is 4.90 Å². The summed E-state index contributed by atoms with van der Waals surface area (Å²) in [7, 11) is 0. The SMILES string of the molecule is O=C1Nc2cc(C(F)(F)F)ccc2S[C@@H]1CC(=O)N1CCC[C@H]1c1nnc2ccccn12. The first-order valence-corrected chi connectivity index (χ1v) is 11.0. The number of benzene rings is 1. The number of likely N-dealkylation sites (tertiary alicyclic amines) is 1. The summed E-state index contributed by atoms with van der Waals surface area (Å²) in [5.74, 6) is 0.0132. The van der Waals surface area contributed by atoms with Crippen molar-refractivity contribution >= 4 is 34.9 Å². The smallest absolute Gasteiger partial charge is 0.332 e. The number of nitrogens with one attached hydrogen (secondary N) is 1. The minimum atomic E-state index is -4.49. The maximum atomic E-state index is 13.1. The topological polar surface area (TPSA) is 79.6 Å². The van der Waals surface area contributed by atoms with Crippen LogP contribution in [-0.4, -0.2) is 43.1 Å². The molecule has 2 atom stereocenters. The number of rotatable bonds is 3. The van der Waals surface area contributed by atoms with Crippen LogP contribution in [0, 0.1) is 0 Å². The number of hydrogen-bond acceptors (Lipinski definition) is 5. The summed E-state index contributed by atoms with van der Waals surface area (Å²) in [5.41, 5.74) is -0.0153. The average Bonchev–Trinajstić information content (AvgIpc) is 3.40. The number of anilines is 1. The summed E-state index contributed by atoms with van der Waals surface area (Å²) >= 11 is 1.11. The Morgan fingerprint density at radius 1 is 1.22 bits per heavy atom. The number of carbonyl (C=O) groups is 2. The molecule has 0 spiro atoms. The van der Waals surface area contributed by atoms with Gasteiger partial charge >= 0.3 is 6.18 Å². The molecule has 0 radical (unpaired) electrons. The van der Waals surface area contributed by atoms with Crippen molar-refractivity contribution in [3.8, 4) is 0 Å². The third-order valence-corrected chi connectivity index (χ3v) is 6.97. The number of aromatic nitrogens is 3. The van der Waals surface area contributed by atoms with Crippen LogP contribution in [0.15, 0.2) is 47.5 Å². The van der Waals surface area contributed by atoms with Gasteiger partial charge in [-0.25, -0.2) is 0 Å². The summed E-state index contributed by atoms with van der Waals surface area (Å²) in [6.07, 6.45) is -1.14. The molecule has 3 aromatic rings. The van der Waals surface area contributed by atoms with Gasteiger partial charge in [0.1, 0.15) is 0 Å². The first-order valence-electron chi connectivity index (χ1n) is 10.1. The summed E-state index contributed by atoms with van der Waals surface area (Å²) in [5, 5.41) is 10.2. The number of pyridine rings is 1. The maximum absolute atomic E-state index is 13.1. The monoisotopic (exact) mass is 461 g/mol. The standard InChI is InChI=1S/C21H18F3N5O2S/c22-21(23,24)12-6-7-15-13(10-12)25-20(31)16(32-15)11-18(30)28-9-3-4-14(28)19-27-26-17-5-1-2-8-29(17)19/h1-2,5-8,10,14,16H,3-4,9,11H2,(H,25,31)/t14-,16+/m0/s1. The fraction of sp³-hybridized carbons (Fsp3) is 0.333. The fourth-order valence-corrected chi connectivity index (χ4v) is 5.24. The van der Waals surface area contributed by atoms with Gasteiger partial charge in [0.05, 0.1) is 22.5 Å². The Labute approximate surface area is 185 Å². The lowest BCUT2D eigenvalue weighted by molar-refractivity contribution is -0.137. The number of amides is 2. The molecule has 1 fully saturated rings. The molecule has 4 heterocycles. The van der Waals surface area contributed by atoms with Crippen LogP contribution in [-0.2, 0) is 15.8 Å². The summed E-state index contributed by atoms with van der Waals surface area (Å²) < 4.78 is 40.7. The average molecular weight is 461 g/mol. The highest BCUT2D eigenvalue weighted by atomic mass is 32.2. The molecule has 2 aliphatic rings. The molecule has 7 nitrogen and oxygen atoms in total. The van der Waals surface area contributed by atoms with Crippen molar-refractivity contribution in [1.82, 2.24) is 19.5 Å². The van der Waals surface area contributed by atoms with Crippen LogP contribution in [0.1, 0.15) is 36.7 Å². The minimum absolute atomic E-state index is 0.0514. The second-order valence-electron chi connectivity index (χ2n) is 7.74. The Morgan fingerprint density at radius 2 is 2.06 bits per heavy atom. The predicted octanol–water partition coefficient (Wildman–Crippen LogP) is 3.91. The van der Waals surface area contributed by atoms with Gasteiger partial charge in [0.15, 0.2) is 11.5 Å². The molecule has 1 aromatic carbocycles. The van der Waals surface area contributed by atoms with Gasteiger partial charge in [-0.15, -0.1) is 22.0 Å². The Morgan fingerprint density at radius 3 is 2.88 bits per heavy atom. The quantitative estimate of drug-likeness (QED) is 0.640. The van der Waals surface area contributed by atoms with Crippen molar-refractivity contribution in [3.63, 3.8) is 0 Å². The summed E-state index contributed by atoms with van der Waals surface area (Å²) in [6, 6.07) is 8.56. The van der Waals surface area contributed by atoms with E-state index in [9.17, 15) is 22.8 Å². The Balaban J connectivity index is 1.33. The van der Waals surface area contributed by atoms with Crippen LogP contribution in [0.3, 0.4) is 0 Å². The van der Waals surface area contributed by atoms with Crippen LogP contribution in [0.2, 0.25) is 0 Å². The normalized spacial score (nSPS) is 21.0. The molecule has 2 aromatic heterocycles. The van der Waals surface area contributed by atoms with Crippen molar-refractivity contribution < 1.29 is 22.8 Å². The number of carbonyl (C=O) groups excluding carboxylic acids is 2.